The van der Waals surface area contributed by atoms with Gasteiger partial charge in [-0.2, -0.15) is 0 Å². The number of allylic oxidation sites excluding steroid dienone is 2. The summed E-state index contributed by atoms with van der Waals surface area (Å²) in [4.78, 5) is 14.6. The van der Waals surface area contributed by atoms with Crippen molar-refractivity contribution in [1.82, 2.24) is 13.9 Å². The third-order valence-corrected chi connectivity index (χ3v) is 7.46. The highest BCUT2D eigenvalue weighted by Gasteiger charge is 2.31. The number of anilines is 1. The summed E-state index contributed by atoms with van der Waals surface area (Å²) in [6, 6.07) is 8.56. The smallest absolute Gasteiger partial charge is 0.264 e. The second-order valence-corrected chi connectivity index (χ2v) is 9.84. The van der Waals surface area contributed by atoms with Gasteiger partial charge in [0, 0.05) is 19.4 Å². The second-order valence-electron chi connectivity index (χ2n) is 7.38. The lowest BCUT2D eigenvalue weighted by Gasteiger charge is -2.27. The van der Waals surface area contributed by atoms with Crippen LogP contribution < -0.4 is 9.44 Å². The Morgan fingerprint density at radius 2 is 1.85 bits per heavy atom. The Hall–Kier alpha value is -3.31. The van der Waals surface area contributed by atoms with E-state index in [1.807, 2.05) is 0 Å². The quantitative estimate of drug-likeness (QED) is 0.589. The van der Waals surface area contributed by atoms with Crippen molar-refractivity contribution < 1.29 is 22.0 Å². The van der Waals surface area contributed by atoms with Crippen LogP contribution in [-0.2, 0) is 10.0 Å². The highest BCUT2D eigenvalue weighted by Crippen LogP contribution is 2.34. The van der Waals surface area contributed by atoms with Crippen LogP contribution in [0.25, 0.3) is 0 Å². The Bertz CT molecular complexity index is 1290. The average molecular weight is 491 g/mol. The molecule has 0 aromatic heterocycles. The summed E-state index contributed by atoms with van der Waals surface area (Å²) >= 11 is 1.20. The van der Waals surface area contributed by atoms with Crippen LogP contribution >= 0.6 is 12.1 Å². The van der Waals surface area contributed by atoms with Crippen LogP contribution in [0.3, 0.4) is 0 Å². The summed E-state index contributed by atoms with van der Waals surface area (Å²) in [6.45, 7) is 1.75. The Kier molecular flexibility index (Phi) is 6.17. The molecule has 0 fully saturated rings. The lowest BCUT2D eigenvalue weighted by Crippen LogP contribution is -2.31. The third-order valence-electron chi connectivity index (χ3n) is 5.31. The zero-order chi connectivity index (χ0) is 23.8. The van der Waals surface area contributed by atoms with Gasteiger partial charge in [0.15, 0.2) is 0 Å². The van der Waals surface area contributed by atoms with Gasteiger partial charge in [0.1, 0.15) is 16.5 Å². The molecule has 2 N–H and O–H groups in total. The lowest BCUT2D eigenvalue weighted by molar-refractivity contribution is 0.0743. The van der Waals surface area contributed by atoms with E-state index >= 15 is 0 Å². The SMILES string of the molecule is CC(c1ccc(F)cc1)N(C)C(=O)c1ccc(F)cc1NS(=O)(=O)C1=CC=CN2SNC=C12. The zero-order valence-corrected chi connectivity index (χ0v) is 19.3. The standard InChI is InChI=1S/C22H20F2N4O3S2/c1-14(15-5-7-16(23)8-6-15)27(2)22(29)18-10-9-17(24)12-19(18)26-33(30,31)21-4-3-11-28-20(21)13-25-32-28/h3-14,25-26H,1-2H3. The minimum absolute atomic E-state index is 0.0202. The fraction of sp³-hybridized carbons (Fsp3) is 0.136. The van der Waals surface area contributed by atoms with Crippen LogP contribution in [0.1, 0.15) is 28.9 Å². The van der Waals surface area contributed by atoms with Gasteiger partial charge in [0.25, 0.3) is 15.9 Å². The maximum atomic E-state index is 14.1. The maximum Gasteiger partial charge on any atom is 0.264 e. The number of fused-ring (bicyclic) bond motifs is 1. The minimum atomic E-state index is -4.15. The van der Waals surface area contributed by atoms with Gasteiger partial charge < -0.3 is 9.62 Å². The molecule has 1 unspecified atom stereocenters. The Balaban J connectivity index is 1.64. The largest absolute Gasteiger partial charge is 0.335 e. The molecule has 7 nitrogen and oxygen atoms in total. The molecule has 0 saturated heterocycles. The summed E-state index contributed by atoms with van der Waals surface area (Å²) in [6.07, 6.45) is 6.22. The third kappa shape index (κ3) is 4.60. The van der Waals surface area contributed by atoms with Gasteiger partial charge in [-0.1, -0.05) is 12.1 Å². The predicted molar refractivity (Wildman–Crippen MR) is 124 cm³/mol. The van der Waals surface area contributed by atoms with E-state index in [0.29, 0.717) is 11.3 Å². The first-order valence-electron chi connectivity index (χ1n) is 9.83. The van der Waals surface area contributed by atoms with Crippen molar-refractivity contribution in [2.75, 3.05) is 11.8 Å². The van der Waals surface area contributed by atoms with Gasteiger partial charge in [0.05, 0.1) is 35.1 Å². The van der Waals surface area contributed by atoms with Crippen LogP contribution in [0.5, 0.6) is 0 Å². The van der Waals surface area contributed by atoms with E-state index in [-0.39, 0.29) is 16.2 Å². The first-order chi connectivity index (χ1) is 15.7. The molecule has 0 radical (unpaired) electrons. The van der Waals surface area contributed by atoms with Crippen molar-refractivity contribution in [3.05, 3.63) is 100 Å². The van der Waals surface area contributed by atoms with Crippen LogP contribution in [0.4, 0.5) is 14.5 Å². The van der Waals surface area contributed by atoms with Gasteiger partial charge >= 0.3 is 0 Å². The number of carbonyl (C=O) groups excluding carboxylic acids is 1. The number of hydrogen-bond acceptors (Lipinski definition) is 6. The maximum absolute atomic E-state index is 14.1. The van der Waals surface area contributed by atoms with Crippen molar-refractivity contribution >= 4 is 33.8 Å². The van der Waals surface area contributed by atoms with E-state index in [0.717, 1.165) is 12.1 Å². The number of nitrogens with one attached hydrogen (secondary N) is 2. The van der Waals surface area contributed by atoms with Gasteiger partial charge in [0.2, 0.25) is 0 Å². The van der Waals surface area contributed by atoms with Crippen LogP contribution in [0, 0.1) is 11.6 Å². The summed E-state index contributed by atoms with van der Waals surface area (Å²) in [5.41, 5.74) is 0.891. The van der Waals surface area contributed by atoms with Crippen molar-refractivity contribution in [2.45, 2.75) is 13.0 Å². The van der Waals surface area contributed by atoms with Crippen molar-refractivity contribution in [3.8, 4) is 0 Å². The van der Waals surface area contributed by atoms with E-state index in [1.54, 1.807) is 35.6 Å². The predicted octanol–water partition coefficient (Wildman–Crippen LogP) is 4.26. The highest BCUT2D eigenvalue weighted by atomic mass is 32.2. The Morgan fingerprint density at radius 1 is 1.15 bits per heavy atom. The number of carbonyl (C=O) groups is 1. The molecular formula is C22H20F2N4O3S2. The molecule has 1 atom stereocenters. The highest BCUT2D eigenvalue weighted by molar-refractivity contribution is 7.97. The Morgan fingerprint density at radius 3 is 2.58 bits per heavy atom. The molecule has 172 valence electrons. The van der Waals surface area contributed by atoms with E-state index in [4.69, 9.17) is 0 Å². The van der Waals surface area contributed by atoms with Crippen LogP contribution in [0.2, 0.25) is 0 Å². The van der Waals surface area contributed by atoms with Gasteiger partial charge in [-0.3, -0.25) is 13.8 Å². The minimum Gasteiger partial charge on any atom is -0.335 e. The first kappa shape index (κ1) is 22.9. The molecule has 2 aliphatic heterocycles. The lowest BCUT2D eigenvalue weighted by atomic mass is 10.1. The Labute approximate surface area is 194 Å². The van der Waals surface area contributed by atoms with E-state index in [1.165, 1.54) is 54.6 Å². The number of hydrogen-bond donors (Lipinski definition) is 2. The second kappa shape index (κ2) is 8.91. The summed E-state index contributed by atoms with van der Waals surface area (Å²) in [5, 5.41) is 0. The molecule has 2 aliphatic rings. The monoisotopic (exact) mass is 490 g/mol. The molecule has 0 bridgehead atoms. The molecule has 2 aromatic carbocycles. The van der Waals surface area contributed by atoms with Crippen molar-refractivity contribution in [2.24, 2.45) is 0 Å². The molecule has 0 aliphatic carbocycles. The molecule has 2 aromatic rings. The molecular weight excluding hydrogens is 470 g/mol. The molecule has 1 amide bonds. The molecule has 4 rings (SSSR count). The van der Waals surface area contributed by atoms with Gasteiger partial charge in [-0.05, 0) is 55.0 Å². The number of nitrogens with zero attached hydrogens (tertiary/aromatic N) is 2. The fourth-order valence-electron chi connectivity index (χ4n) is 3.38. The number of amides is 1. The molecule has 11 heteroatoms. The fourth-order valence-corrected chi connectivity index (χ4v) is 5.36. The summed E-state index contributed by atoms with van der Waals surface area (Å²) in [5.74, 6) is -1.62. The van der Waals surface area contributed by atoms with E-state index in [9.17, 15) is 22.0 Å². The number of halogens is 2. The molecule has 0 spiro atoms. The van der Waals surface area contributed by atoms with E-state index < -0.39 is 33.6 Å². The number of benzene rings is 2. The van der Waals surface area contributed by atoms with Gasteiger partial charge in [-0.25, -0.2) is 17.2 Å². The summed E-state index contributed by atoms with van der Waals surface area (Å²) < 4.78 is 60.4. The number of sulfonamides is 1. The van der Waals surface area contributed by atoms with Gasteiger partial charge in [-0.15, -0.1) is 0 Å². The summed E-state index contributed by atoms with van der Waals surface area (Å²) in [7, 11) is -2.61. The number of rotatable bonds is 6. The first-order valence-corrected chi connectivity index (χ1v) is 12.1. The topological polar surface area (TPSA) is 81.8 Å². The molecule has 33 heavy (non-hydrogen) atoms. The van der Waals surface area contributed by atoms with Crippen LogP contribution in [-0.4, -0.2) is 30.6 Å². The van der Waals surface area contributed by atoms with E-state index in [2.05, 4.69) is 9.44 Å². The normalized spacial score (nSPS) is 15.8. The van der Waals surface area contributed by atoms with Crippen molar-refractivity contribution in [1.29, 1.82) is 0 Å². The van der Waals surface area contributed by atoms with Crippen LogP contribution in [0.15, 0.2) is 77.6 Å². The zero-order valence-electron chi connectivity index (χ0n) is 17.6. The average Bonchev–Trinajstić information content (AvgIpc) is 3.27. The van der Waals surface area contributed by atoms with Crippen molar-refractivity contribution in [3.63, 3.8) is 0 Å². The molecule has 2 heterocycles. The molecule has 0 saturated carbocycles.